The summed E-state index contributed by atoms with van der Waals surface area (Å²) >= 11 is 0. The van der Waals surface area contributed by atoms with Crippen LogP contribution in [0.25, 0.3) is 11.3 Å². The predicted octanol–water partition coefficient (Wildman–Crippen LogP) is 2.68. The Kier molecular flexibility index (Phi) is 4.16. The minimum absolute atomic E-state index is 0.159. The van der Waals surface area contributed by atoms with E-state index in [0.717, 1.165) is 12.2 Å². The number of methoxy groups -OCH3 is 1. The van der Waals surface area contributed by atoms with Crippen molar-refractivity contribution in [2.75, 3.05) is 13.7 Å². The number of aromatic nitrogens is 2. The van der Waals surface area contributed by atoms with Crippen LogP contribution in [0.3, 0.4) is 0 Å². The van der Waals surface area contributed by atoms with Crippen LogP contribution in [0.2, 0.25) is 0 Å². The number of imidazole rings is 1. The molecule has 0 spiro atoms. The quantitative estimate of drug-likeness (QED) is 0.871. The van der Waals surface area contributed by atoms with E-state index in [4.69, 9.17) is 10.5 Å². The van der Waals surface area contributed by atoms with Crippen LogP contribution in [-0.4, -0.2) is 23.6 Å². The zero-order valence-electron chi connectivity index (χ0n) is 11.1. The monoisotopic (exact) mass is 263 g/mol. The Morgan fingerprint density at radius 1 is 1.47 bits per heavy atom. The highest BCUT2D eigenvalue weighted by Crippen LogP contribution is 2.32. The molecule has 0 fully saturated rings. The SMILES string of the molecule is CCC(CN)c1ncc(-c2c(F)cccc2OC)[nH]1. The molecule has 102 valence electrons. The number of aromatic amines is 1. The van der Waals surface area contributed by atoms with Gasteiger partial charge in [-0.1, -0.05) is 13.0 Å². The van der Waals surface area contributed by atoms with Crippen LogP contribution in [-0.2, 0) is 0 Å². The lowest BCUT2D eigenvalue weighted by molar-refractivity contribution is 0.413. The summed E-state index contributed by atoms with van der Waals surface area (Å²) in [5.74, 6) is 1.09. The molecule has 0 amide bonds. The van der Waals surface area contributed by atoms with Crippen molar-refractivity contribution >= 4 is 0 Å². The molecule has 0 saturated heterocycles. The highest BCUT2D eigenvalue weighted by atomic mass is 19.1. The van der Waals surface area contributed by atoms with Crippen LogP contribution < -0.4 is 10.5 Å². The third-order valence-electron chi connectivity index (χ3n) is 3.22. The van der Waals surface area contributed by atoms with E-state index in [0.29, 0.717) is 23.6 Å². The Balaban J connectivity index is 2.43. The van der Waals surface area contributed by atoms with Crippen LogP contribution in [0.5, 0.6) is 5.75 Å². The summed E-state index contributed by atoms with van der Waals surface area (Å²) in [4.78, 5) is 7.43. The van der Waals surface area contributed by atoms with Gasteiger partial charge in [-0.25, -0.2) is 9.37 Å². The molecule has 1 heterocycles. The van der Waals surface area contributed by atoms with Crippen molar-refractivity contribution in [1.82, 2.24) is 9.97 Å². The normalized spacial score (nSPS) is 12.4. The highest BCUT2D eigenvalue weighted by molar-refractivity contribution is 5.67. The van der Waals surface area contributed by atoms with Gasteiger partial charge < -0.3 is 15.5 Å². The second kappa shape index (κ2) is 5.84. The van der Waals surface area contributed by atoms with Gasteiger partial charge >= 0.3 is 0 Å². The number of hydrogen-bond donors (Lipinski definition) is 2. The summed E-state index contributed by atoms with van der Waals surface area (Å²) in [5.41, 5.74) is 6.70. The molecule has 1 atom stereocenters. The van der Waals surface area contributed by atoms with Gasteiger partial charge in [0.05, 0.1) is 24.6 Å². The van der Waals surface area contributed by atoms with Crippen LogP contribution in [0.4, 0.5) is 4.39 Å². The van der Waals surface area contributed by atoms with E-state index < -0.39 is 0 Å². The van der Waals surface area contributed by atoms with Crippen LogP contribution >= 0.6 is 0 Å². The molecule has 2 aromatic rings. The van der Waals surface area contributed by atoms with Gasteiger partial charge in [-0.05, 0) is 18.6 Å². The molecule has 5 heteroatoms. The maximum atomic E-state index is 13.9. The van der Waals surface area contributed by atoms with Crippen molar-refractivity contribution in [3.8, 4) is 17.0 Å². The highest BCUT2D eigenvalue weighted by Gasteiger charge is 2.16. The van der Waals surface area contributed by atoms with E-state index in [-0.39, 0.29) is 11.7 Å². The van der Waals surface area contributed by atoms with Crippen molar-refractivity contribution in [3.05, 3.63) is 36.0 Å². The number of nitrogens with two attached hydrogens (primary N) is 1. The first-order valence-electron chi connectivity index (χ1n) is 6.29. The van der Waals surface area contributed by atoms with Crippen molar-refractivity contribution in [2.24, 2.45) is 5.73 Å². The molecule has 1 aromatic heterocycles. The molecule has 19 heavy (non-hydrogen) atoms. The average molecular weight is 263 g/mol. The Morgan fingerprint density at radius 2 is 2.26 bits per heavy atom. The van der Waals surface area contributed by atoms with Gasteiger partial charge in [-0.3, -0.25) is 0 Å². The Bertz CT molecular complexity index is 549. The Hall–Kier alpha value is -1.88. The lowest BCUT2D eigenvalue weighted by atomic mass is 10.1. The number of nitrogens with one attached hydrogen (secondary N) is 1. The predicted molar refractivity (Wildman–Crippen MR) is 72.6 cm³/mol. The summed E-state index contributed by atoms with van der Waals surface area (Å²) in [6, 6.07) is 4.74. The van der Waals surface area contributed by atoms with Crippen molar-refractivity contribution < 1.29 is 9.13 Å². The number of benzene rings is 1. The van der Waals surface area contributed by atoms with Crippen molar-refractivity contribution in [1.29, 1.82) is 0 Å². The lowest BCUT2D eigenvalue weighted by Crippen LogP contribution is -2.12. The van der Waals surface area contributed by atoms with Crippen LogP contribution in [0.15, 0.2) is 24.4 Å². The van der Waals surface area contributed by atoms with E-state index >= 15 is 0 Å². The molecular weight excluding hydrogens is 245 g/mol. The fourth-order valence-electron chi connectivity index (χ4n) is 2.08. The van der Waals surface area contributed by atoms with E-state index in [1.165, 1.54) is 13.2 Å². The molecule has 2 rings (SSSR count). The molecule has 0 aliphatic heterocycles. The first-order chi connectivity index (χ1) is 9.21. The van der Waals surface area contributed by atoms with E-state index in [1.54, 1.807) is 18.3 Å². The largest absolute Gasteiger partial charge is 0.496 e. The van der Waals surface area contributed by atoms with Crippen LogP contribution in [0, 0.1) is 5.82 Å². The Morgan fingerprint density at radius 3 is 2.89 bits per heavy atom. The van der Waals surface area contributed by atoms with Gasteiger partial charge in [0.1, 0.15) is 17.4 Å². The number of halogens is 1. The van der Waals surface area contributed by atoms with Gasteiger partial charge in [0.15, 0.2) is 0 Å². The fourth-order valence-corrected chi connectivity index (χ4v) is 2.08. The summed E-state index contributed by atoms with van der Waals surface area (Å²) in [5, 5.41) is 0. The van der Waals surface area contributed by atoms with E-state index in [2.05, 4.69) is 9.97 Å². The third-order valence-corrected chi connectivity index (χ3v) is 3.22. The minimum Gasteiger partial charge on any atom is -0.496 e. The number of H-pyrrole nitrogens is 1. The van der Waals surface area contributed by atoms with Gasteiger partial charge in [-0.2, -0.15) is 0 Å². The van der Waals surface area contributed by atoms with Gasteiger partial charge in [-0.15, -0.1) is 0 Å². The summed E-state index contributed by atoms with van der Waals surface area (Å²) < 4.78 is 19.1. The Labute approximate surface area is 111 Å². The van der Waals surface area contributed by atoms with E-state index in [9.17, 15) is 4.39 Å². The zero-order chi connectivity index (χ0) is 13.8. The summed E-state index contributed by atoms with van der Waals surface area (Å²) in [6.07, 6.45) is 2.51. The maximum absolute atomic E-state index is 13.9. The summed E-state index contributed by atoms with van der Waals surface area (Å²) in [7, 11) is 1.52. The van der Waals surface area contributed by atoms with Gasteiger partial charge in [0, 0.05) is 12.5 Å². The van der Waals surface area contributed by atoms with Crippen LogP contribution in [0.1, 0.15) is 25.1 Å². The third kappa shape index (κ3) is 2.61. The molecule has 1 unspecified atom stereocenters. The zero-order valence-corrected chi connectivity index (χ0v) is 11.1. The smallest absolute Gasteiger partial charge is 0.136 e. The fraction of sp³-hybridized carbons (Fsp3) is 0.357. The molecule has 3 N–H and O–H groups in total. The standard InChI is InChI=1S/C14H18FN3O/c1-3-9(7-16)14-17-8-11(18-14)13-10(15)5-4-6-12(13)19-2/h4-6,8-9H,3,7,16H2,1-2H3,(H,17,18). The van der Waals surface area contributed by atoms with Gasteiger partial charge in [0.25, 0.3) is 0 Å². The second-order valence-electron chi connectivity index (χ2n) is 4.34. The van der Waals surface area contributed by atoms with Crippen molar-refractivity contribution in [3.63, 3.8) is 0 Å². The van der Waals surface area contributed by atoms with E-state index in [1.807, 2.05) is 6.92 Å². The molecule has 0 aliphatic carbocycles. The average Bonchev–Trinajstić information content (AvgIpc) is 2.89. The minimum atomic E-state index is -0.338. The maximum Gasteiger partial charge on any atom is 0.136 e. The number of ether oxygens (including phenoxy) is 1. The van der Waals surface area contributed by atoms with Gasteiger partial charge in [0.2, 0.25) is 0 Å². The number of nitrogens with zero attached hydrogens (tertiary/aromatic N) is 1. The topological polar surface area (TPSA) is 63.9 Å². The lowest BCUT2D eigenvalue weighted by Gasteiger charge is -2.09. The molecule has 0 radical (unpaired) electrons. The molecule has 0 bridgehead atoms. The molecule has 0 aliphatic rings. The summed E-state index contributed by atoms with van der Waals surface area (Å²) in [6.45, 7) is 2.56. The molecule has 4 nitrogen and oxygen atoms in total. The molecular formula is C14H18FN3O. The molecule has 0 saturated carbocycles. The first-order valence-corrected chi connectivity index (χ1v) is 6.29. The van der Waals surface area contributed by atoms with Crippen molar-refractivity contribution in [2.45, 2.75) is 19.3 Å². The first kappa shape index (κ1) is 13.5. The number of rotatable bonds is 5. The molecule has 1 aromatic carbocycles. The second-order valence-corrected chi connectivity index (χ2v) is 4.34. The number of hydrogen-bond acceptors (Lipinski definition) is 3.